The van der Waals surface area contributed by atoms with Crippen molar-refractivity contribution in [2.75, 3.05) is 0 Å². The molecule has 0 atom stereocenters. The van der Waals surface area contributed by atoms with Crippen LogP contribution in [0.5, 0.6) is 0 Å². The summed E-state index contributed by atoms with van der Waals surface area (Å²) in [5.74, 6) is -4.14. The predicted molar refractivity (Wildman–Crippen MR) is 59.5 cm³/mol. The zero-order valence-electron chi connectivity index (χ0n) is 11.2. The maximum atomic E-state index is 12.9. The van der Waals surface area contributed by atoms with Gasteiger partial charge in [-0.1, -0.05) is 5.16 Å². The molecule has 0 aromatic carbocycles. The third-order valence-electron chi connectivity index (χ3n) is 2.80. The van der Waals surface area contributed by atoms with Gasteiger partial charge >= 0.3 is 18.3 Å². The van der Waals surface area contributed by atoms with Gasteiger partial charge in [0.15, 0.2) is 0 Å². The number of aromatic carboxylic acids is 1. The van der Waals surface area contributed by atoms with Gasteiger partial charge in [-0.15, -0.1) is 0 Å². The van der Waals surface area contributed by atoms with Crippen LogP contribution in [0, 0.1) is 6.92 Å². The van der Waals surface area contributed by atoms with Gasteiger partial charge < -0.3 is 14.2 Å². The molecule has 0 aliphatic carbocycles. The molecule has 0 saturated heterocycles. The van der Waals surface area contributed by atoms with Gasteiger partial charge in [-0.25, -0.2) is 4.79 Å². The minimum Gasteiger partial charge on any atom is -0.477 e. The van der Waals surface area contributed by atoms with Crippen LogP contribution in [0.15, 0.2) is 10.6 Å². The van der Waals surface area contributed by atoms with E-state index in [4.69, 9.17) is 5.11 Å². The fourth-order valence-corrected chi connectivity index (χ4v) is 1.94. The topological polar surface area (TPSA) is 81.2 Å². The van der Waals surface area contributed by atoms with E-state index >= 15 is 0 Å². The summed E-state index contributed by atoms with van der Waals surface area (Å²) in [6.45, 7) is 0.164. The number of nitrogens with zero attached hydrogens (tertiary/aromatic N) is 3. The smallest absolute Gasteiger partial charge is 0.455 e. The number of rotatable bonds is 3. The average molecular weight is 343 g/mol. The largest absolute Gasteiger partial charge is 0.477 e. The molecule has 0 fully saturated rings. The molecule has 0 unspecified atom stereocenters. The van der Waals surface area contributed by atoms with Crippen LogP contribution < -0.4 is 0 Å². The van der Waals surface area contributed by atoms with E-state index in [-0.39, 0.29) is 10.1 Å². The first-order valence-electron chi connectivity index (χ1n) is 5.81. The minimum atomic E-state index is -4.93. The molecule has 2 aromatic heterocycles. The van der Waals surface area contributed by atoms with Crippen LogP contribution in [0.4, 0.5) is 26.3 Å². The molecule has 12 heteroatoms. The summed E-state index contributed by atoms with van der Waals surface area (Å²) in [6, 6.07) is 0.574. The van der Waals surface area contributed by atoms with Crippen LogP contribution in [0.1, 0.15) is 33.5 Å². The number of halogens is 6. The number of alkyl halides is 6. The lowest BCUT2D eigenvalue weighted by Crippen LogP contribution is -2.18. The first-order chi connectivity index (χ1) is 10.4. The Hall–Kier alpha value is -2.53. The molecule has 1 N–H and O–H groups in total. The van der Waals surface area contributed by atoms with Crippen molar-refractivity contribution in [3.8, 4) is 0 Å². The van der Waals surface area contributed by atoms with Crippen LogP contribution >= 0.6 is 0 Å². The van der Waals surface area contributed by atoms with E-state index in [1.165, 1.54) is 0 Å². The zero-order valence-corrected chi connectivity index (χ0v) is 11.2. The minimum absolute atomic E-state index is 0.208. The monoisotopic (exact) mass is 343 g/mol. The Morgan fingerprint density at radius 2 is 1.87 bits per heavy atom. The normalized spacial score (nSPS) is 12.7. The summed E-state index contributed by atoms with van der Waals surface area (Å²) >= 11 is 0. The number of aromatic nitrogens is 3. The molecule has 0 amide bonds. The molecule has 0 saturated carbocycles. The maximum absolute atomic E-state index is 12.9. The Kier molecular flexibility index (Phi) is 3.86. The molecular formula is C11H7F6N3O3. The van der Waals surface area contributed by atoms with Crippen LogP contribution in [-0.4, -0.2) is 25.8 Å². The molecule has 6 nitrogen and oxygen atoms in total. The lowest BCUT2D eigenvalue weighted by molar-refractivity contribution is -0.146. The summed E-state index contributed by atoms with van der Waals surface area (Å²) in [5.41, 5.74) is -2.29. The van der Waals surface area contributed by atoms with Gasteiger partial charge in [0.25, 0.3) is 5.82 Å². The first kappa shape index (κ1) is 16.8. The SMILES string of the molecule is Cc1cc(C(F)(F)F)n(Cc2nc(C(F)(F)F)no2)c1C(=O)O. The molecule has 0 aliphatic heterocycles. The lowest BCUT2D eigenvalue weighted by Gasteiger charge is -2.11. The van der Waals surface area contributed by atoms with Crippen molar-refractivity contribution < 1.29 is 40.8 Å². The summed E-state index contributed by atoms with van der Waals surface area (Å²) < 4.78 is 80.4. The highest BCUT2D eigenvalue weighted by atomic mass is 19.4. The quantitative estimate of drug-likeness (QED) is 0.867. The second kappa shape index (κ2) is 5.28. The van der Waals surface area contributed by atoms with Crippen LogP contribution in [0.2, 0.25) is 0 Å². The fourth-order valence-electron chi connectivity index (χ4n) is 1.94. The van der Waals surface area contributed by atoms with Gasteiger partial charge in [0.2, 0.25) is 5.89 Å². The molecule has 2 rings (SSSR count). The summed E-state index contributed by atoms with van der Waals surface area (Å²) in [5, 5.41) is 11.6. The van der Waals surface area contributed by atoms with E-state index in [0.717, 1.165) is 6.92 Å². The van der Waals surface area contributed by atoms with Crippen LogP contribution in [-0.2, 0) is 18.9 Å². The van der Waals surface area contributed by atoms with Gasteiger partial charge in [-0.3, -0.25) is 0 Å². The second-order valence-corrected chi connectivity index (χ2v) is 4.46. The van der Waals surface area contributed by atoms with E-state index < -0.39 is 48.0 Å². The Bertz CT molecular complexity index is 743. The van der Waals surface area contributed by atoms with E-state index in [0.29, 0.717) is 6.07 Å². The highest BCUT2D eigenvalue weighted by molar-refractivity contribution is 5.88. The molecule has 126 valence electrons. The van der Waals surface area contributed by atoms with Gasteiger partial charge in [-0.2, -0.15) is 31.3 Å². The molecule has 0 spiro atoms. The van der Waals surface area contributed by atoms with Crippen molar-refractivity contribution in [2.45, 2.75) is 25.8 Å². The summed E-state index contributed by atoms with van der Waals surface area (Å²) in [4.78, 5) is 14.0. The molecule has 0 radical (unpaired) electrons. The molecule has 2 aromatic rings. The standard InChI is InChI=1S/C11H7F6N3O3/c1-4-2-5(10(12,13)14)20(7(4)8(21)22)3-6-18-9(19-23-6)11(15,16)17/h2H,3H2,1H3,(H,21,22). The van der Waals surface area contributed by atoms with Crippen molar-refractivity contribution in [1.29, 1.82) is 0 Å². The van der Waals surface area contributed by atoms with Crippen molar-refractivity contribution in [2.24, 2.45) is 0 Å². The van der Waals surface area contributed by atoms with Gasteiger partial charge in [-0.05, 0) is 18.6 Å². The third-order valence-corrected chi connectivity index (χ3v) is 2.80. The number of carbonyl (C=O) groups is 1. The van der Waals surface area contributed by atoms with Crippen molar-refractivity contribution in [3.63, 3.8) is 0 Å². The highest BCUT2D eigenvalue weighted by Crippen LogP contribution is 2.33. The Morgan fingerprint density at radius 3 is 2.30 bits per heavy atom. The predicted octanol–water partition coefficient (Wildman–Crippen LogP) is 2.96. The third kappa shape index (κ3) is 3.29. The van der Waals surface area contributed by atoms with Crippen molar-refractivity contribution in [3.05, 3.63) is 34.7 Å². The average Bonchev–Trinajstić information content (AvgIpc) is 2.93. The second-order valence-electron chi connectivity index (χ2n) is 4.46. The Balaban J connectivity index is 2.50. The molecule has 2 heterocycles. The number of carboxylic acid groups (broad SMARTS) is 1. The van der Waals surface area contributed by atoms with E-state index in [2.05, 4.69) is 14.7 Å². The van der Waals surface area contributed by atoms with E-state index in [1.807, 2.05) is 0 Å². The van der Waals surface area contributed by atoms with E-state index in [9.17, 15) is 31.1 Å². The van der Waals surface area contributed by atoms with Crippen molar-refractivity contribution in [1.82, 2.24) is 14.7 Å². The van der Waals surface area contributed by atoms with Crippen LogP contribution in [0.25, 0.3) is 0 Å². The fraction of sp³-hybridized carbons (Fsp3) is 0.364. The molecule has 0 bridgehead atoms. The number of aryl methyl sites for hydroxylation is 1. The first-order valence-corrected chi connectivity index (χ1v) is 5.81. The van der Waals surface area contributed by atoms with Crippen LogP contribution in [0.3, 0.4) is 0 Å². The molecular weight excluding hydrogens is 336 g/mol. The van der Waals surface area contributed by atoms with Gasteiger partial charge in [0.1, 0.15) is 17.9 Å². The number of hydrogen-bond donors (Lipinski definition) is 1. The van der Waals surface area contributed by atoms with E-state index in [1.54, 1.807) is 0 Å². The summed E-state index contributed by atoms with van der Waals surface area (Å²) in [6.07, 6.45) is -9.85. The van der Waals surface area contributed by atoms with Gasteiger partial charge in [0.05, 0.1) is 0 Å². The molecule has 23 heavy (non-hydrogen) atoms. The zero-order chi connectivity index (χ0) is 17.6. The number of hydrogen-bond acceptors (Lipinski definition) is 4. The van der Waals surface area contributed by atoms with Gasteiger partial charge in [0, 0.05) is 0 Å². The number of carboxylic acids is 1. The maximum Gasteiger partial charge on any atom is 0.455 e. The molecule has 0 aliphatic rings. The highest BCUT2D eigenvalue weighted by Gasteiger charge is 2.39. The summed E-state index contributed by atoms with van der Waals surface area (Å²) in [7, 11) is 0. The van der Waals surface area contributed by atoms with Crippen molar-refractivity contribution >= 4 is 5.97 Å². The Labute approximate surface area is 123 Å². The lowest BCUT2D eigenvalue weighted by atomic mass is 10.2. The Morgan fingerprint density at radius 1 is 1.26 bits per heavy atom.